The molecule has 1 unspecified atom stereocenters. The number of carboxylic acid groups (broad SMARTS) is 1. The smallest absolute Gasteiger partial charge is 0.326 e. The van der Waals surface area contributed by atoms with Crippen LogP contribution in [-0.4, -0.2) is 47.0 Å². The van der Waals surface area contributed by atoms with Gasteiger partial charge >= 0.3 is 11.9 Å². The zero-order chi connectivity index (χ0) is 41.1. The summed E-state index contributed by atoms with van der Waals surface area (Å²) in [6, 6.07) is 7.10. The van der Waals surface area contributed by atoms with Gasteiger partial charge < -0.3 is 20.5 Å². The molecule has 0 radical (unpaired) electrons. The van der Waals surface area contributed by atoms with Gasteiger partial charge in [-0.1, -0.05) is 212 Å². The number of benzene rings is 1. The van der Waals surface area contributed by atoms with Gasteiger partial charge in [0.25, 0.3) is 0 Å². The van der Waals surface area contributed by atoms with Crippen LogP contribution in [0.1, 0.15) is 219 Å². The Balaban J connectivity index is 2.59. The van der Waals surface area contributed by atoms with Gasteiger partial charge in [0.2, 0.25) is 11.8 Å². The van der Waals surface area contributed by atoms with Crippen LogP contribution in [0.3, 0.4) is 0 Å². The molecule has 0 saturated carbocycles. The Morgan fingerprint density at radius 1 is 0.589 bits per heavy atom. The fourth-order valence-electron chi connectivity index (χ4n) is 7.41. The van der Waals surface area contributed by atoms with Gasteiger partial charge in [0, 0.05) is 12.8 Å². The number of aliphatic carboxylic acids is 1. The van der Waals surface area contributed by atoms with Crippen molar-refractivity contribution in [3.63, 3.8) is 0 Å². The van der Waals surface area contributed by atoms with E-state index in [4.69, 9.17) is 4.74 Å². The van der Waals surface area contributed by atoms with Crippen molar-refractivity contribution in [2.45, 2.75) is 239 Å². The normalized spacial score (nSPS) is 12.9. The number of nitrogens with one attached hydrogen (secondary N) is 2. The first-order chi connectivity index (χ1) is 27.2. The Morgan fingerprint density at radius 2 is 1.02 bits per heavy atom. The monoisotopic (exact) mass is 785 g/mol. The topological polar surface area (TPSA) is 122 Å². The van der Waals surface area contributed by atoms with Crippen molar-refractivity contribution in [2.75, 3.05) is 0 Å². The molecular formula is C48H84N2O6. The Bertz CT molecular complexity index is 1130. The quantitative estimate of drug-likeness (QED) is 0.0453. The predicted octanol–water partition coefficient (Wildman–Crippen LogP) is 12.2. The fraction of sp³-hybridized carbons (Fsp3) is 0.792. The number of amides is 2. The lowest BCUT2D eigenvalue weighted by Crippen LogP contribution is -2.54. The van der Waals surface area contributed by atoms with Crippen LogP contribution in [0.5, 0.6) is 0 Å². The molecule has 322 valence electrons. The van der Waals surface area contributed by atoms with Crippen molar-refractivity contribution < 1.29 is 29.0 Å². The second-order valence-electron chi connectivity index (χ2n) is 16.7. The van der Waals surface area contributed by atoms with Gasteiger partial charge in [0.05, 0.1) is 6.42 Å². The summed E-state index contributed by atoms with van der Waals surface area (Å²) >= 11 is 0. The van der Waals surface area contributed by atoms with Crippen molar-refractivity contribution in [1.29, 1.82) is 0 Å². The predicted molar refractivity (Wildman–Crippen MR) is 232 cm³/mol. The maximum atomic E-state index is 13.4. The second kappa shape index (κ2) is 35.3. The molecule has 1 rings (SSSR count). The third-order valence-corrected chi connectivity index (χ3v) is 11.0. The van der Waals surface area contributed by atoms with Crippen LogP contribution in [-0.2, 0) is 30.3 Å². The van der Waals surface area contributed by atoms with E-state index in [9.17, 15) is 24.3 Å². The number of rotatable bonds is 38. The first-order valence-corrected chi connectivity index (χ1v) is 23.2. The summed E-state index contributed by atoms with van der Waals surface area (Å²) in [5, 5.41) is 15.3. The SMILES string of the molecule is CCCCCCCCCCCCCCCC(=O)OC(CCCCCCCCCCCCCCC)CC(=O)N[C@H](C(=O)N[C@@H](Cc1ccccc1)C(=O)O)C(C)C. The lowest BCUT2D eigenvalue weighted by atomic mass is 10.0. The van der Waals surface area contributed by atoms with Gasteiger partial charge in [-0.25, -0.2) is 4.79 Å². The van der Waals surface area contributed by atoms with E-state index >= 15 is 0 Å². The highest BCUT2D eigenvalue weighted by Gasteiger charge is 2.30. The van der Waals surface area contributed by atoms with Crippen molar-refractivity contribution in [3.8, 4) is 0 Å². The van der Waals surface area contributed by atoms with E-state index in [0.717, 1.165) is 44.1 Å². The molecule has 0 bridgehead atoms. The van der Waals surface area contributed by atoms with Gasteiger partial charge in [-0.3, -0.25) is 14.4 Å². The van der Waals surface area contributed by atoms with Gasteiger partial charge in [0.15, 0.2) is 0 Å². The molecule has 0 spiro atoms. The average Bonchev–Trinajstić information content (AvgIpc) is 3.17. The molecular weight excluding hydrogens is 701 g/mol. The van der Waals surface area contributed by atoms with Crippen LogP contribution in [0.25, 0.3) is 0 Å². The highest BCUT2D eigenvalue weighted by Crippen LogP contribution is 2.18. The Labute approximate surface area is 342 Å². The lowest BCUT2D eigenvalue weighted by Gasteiger charge is -2.25. The third-order valence-electron chi connectivity index (χ3n) is 11.0. The molecule has 0 aliphatic carbocycles. The highest BCUT2D eigenvalue weighted by molar-refractivity contribution is 5.90. The van der Waals surface area contributed by atoms with E-state index in [0.29, 0.717) is 12.8 Å². The summed E-state index contributed by atoms with van der Waals surface area (Å²) in [5.74, 6) is -2.58. The van der Waals surface area contributed by atoms with Gasteiger partial charge in [0.1, 0.15) is 18.2 Å². The molecule has 0 aliphatic heterocycles. The zero-order valence-electron chi connectivity index (χ0n) is 36.4. The molecule has 0 saturated heterocycles. The van der Waals surface area contributed by atoms with Crippen LogP contribution in [0.2, 0.25) is 0 Å². The lowest BCUT2D eigenvalue weighted by molar-refractivity contribution is -0.151. The van der Waals surface area contributed by atoms with E-state index in [-0.39, 0.29) is 30.6 Å². The molecule has 3 atom stereocenters. The summed E-state index contributed by atoms with van der Waals surface area (Å²) in [6.07, 6.45) is 32.8. The number of ether oxygens (including phenoxy) is 1. The van der Waals surface area contributed by atoms with Gasteiger partial charge in [-0.15, -0.1) is 0 Å². The minimum absolute atomic E-state index is 0.0223. The number of unbranched alkanes of at least 4 members (excludes halogenated alkanes) is 24. The number of hydrogen-bond donors (Lipinski definition) is 3. The van der Waals surface area contributed by atoms with E-state index in [2.05, 4.69) is 24.5 Å². The Morgan fingerprint density at radius 3 is 1.45 bits per heavy atom. The number of carboxylic acids is 1. The van der Waals surface area contributed by atoms with Crippen molar-refractivity contribution in [1.82, 2.24) is 10.6 Å². The molecule has 56 heavy (non-hydrogen) atoms. The number of hydrogen-bond acceptors (Lipinski definition) is 5. The second-order valence-corrected chi connectivity index (χ2v) is 16.7. The minimum Gasteiger partial charge on any atom is -0.480 e. The molecule has 3 N–H and O–H groups in total. The van der Waals surface area contributed by atoms with Crippen LogP contribution < -0.4 is 10.6 Å². The molecule has 0 aliphatic rings. The van der Waals surface area contributed by atoms with Crippen molar-refractivity contribution >= 4 is 23.8 Å². The van der Waals surface area contributed by atoms with Crippen molar-refractivity contribution in [2.24, 2.45) is 5.92 Å². The van der Waals surface area contributed by atoms with Crippen molar-refractivity contribution in [3.05, 3.63) is 35.9 Å². The average molecular weight is 785 g/mol. The summed E-state index contributed by atoms with van der Waals surface area (Å²) in [5.41, 5.74) is 0.793. The van der Waals surface area contributed by atoms with Gasteiger partial charge in [-0.2, -0.15) is 0 Å². The summed E-state index contributed by atoms with van der Waals surface area (Å²) < 4.78 is 5.92. The fourth-order valence-corrected chi connectivity index (χ4v) is 7.41. The number of carbonyl (C=O) groups excluding carboxylic acids is 3. The molecule has 8 nitrogen and oxygen atoms in total. The van der Waals surface area contributed by atoms with Crippen LogP contribution in [0.15, 0.2) is 30.3 Å². The van der Waals surface area contributed by atoms with Gasteiger partial charge in [-0.05, 0) is 30.7 Å². The maximum Gasteiger partial charge on any atom is 0.326 e. The minimum atomic E-state index is -1.13. The van der Waals surface area contributed by atoms with Crippen LogP contribution in [0, 0.1) is 5.92 Å². The molecule has 1 aromatic carbocycles. The van der Waals surface area contributed by atoms with E-state index < -0.39 is 30.1 Å². The maximum absolute atomic E-state index is 13.4. The first kappa shape index (κ1) is 51.1. The first-order valence-electron chi connectivity index (χ1n) is 23.2. The van der Waals surface area contributed by atoms with E-state index in [1.165, 1.54) is 128 Å². The van der Waals surface area contributed by atoms with Crippen LogP contribution in [0.4, 0.5) is 0 Å². The summed E-state index contributed by atoms with van der Waals surface area (Å²) in [7, 11) is 0. The van der Waals surface area contributed by atoms with E-state index in [1.54, 1.807) is 0 Å². The Kier molecular flexibility index (Phi) is 32.2. The molecule has 8 heteroatoms. The highest BCUT2D eigenvalue weighted by atomic mass is 16.5. The number of esters is 1. The largest absolute Gasteiger partial charge is 0.480 e. The zero-order valence-corrected chi connectivity index (χ0v) is 36.4. The van der Waals surface area contributed by atoms with Crippen LogP contribution >= 0.6 is 0 Å². The molecule has 1 aromatic rings. The Hall–Kier alpha value is -2.90. The molecule has 0 fully saturated rings. The summed E-state index contributed by atoms with van der Waals surface area (Å²) in [6.45, 7) is 8.15. The number of carbonyl (C=O) groups is 4. The summed E-state index contributed by atoms with van der Waals surface area (Å²) in [4.78, 5) is 51.7. The molecule has 0 heterocycles. The van der Waals surface area contributed by atoms with E-state index in [1.807, 2.05) is 44.2 Å². The molecule has 0 aromatic heterocycles. The molecule has 2 amide bonds. The third kappa shape index (κ3) is 28.5. The standard InChI is InChI=1S/C48H84N2O6/c1-5-7-9-11-13-15-17-19-21-23-25-27-32-36-42(56-45(52)37-33-28-26-24-22-20-18-16-14-12-10-8-6-2)39-44(51)50-46(40(3)4)47(53)49-43(48(54)55)38-41-34-30-29-31-35-41/h29-31,34-35,40,42-43,46H,5-28,32-33,36-39H2,1-4H3,(H,49,53)(H,50,51)(H,54,55)/t42?,43-,46-/m0/s1.